The van der Waals surface area contributed by atoms with Crippen LogP contribution in [-0.4, -0.2) is 35.7 Å². The molecule has 29 heavy (non-hydrogen) atoms. The summed E-state index contributed by atoms with van der Waals surface area (Å²) in [6.07, 6.45) is 2.50. The molecule has 0 saturated heterocycles. The summed E-state index contributed by atoms with van der Waals surface area (Å²) >= 11 is 0. The van der Waals surface area contributed by atoms with Crippen LogP contribution in [0.3, 0.4) is 0 Å². The van der Waals surface area contributed by atoms with Crippen LogP contribution in [0, 0.1) is 0 Å². The molecule has 0 radical (unpaired) electrons. The van der Waals surface area contributed by atoms with Gasteiger partial charge in [-0.2, -0.15) is 0 Å². The predicted octanol–water partition coefficient (Wildman–Crippen LogP) is 2.67. The number of ether oxygens (including phenoxy) is 1. The first-order valence-electron chi connectivity index (χ1n) is 9.20. The van der Waals surface area contributed by atoms with Crippen molar-refractivity contribution in [2.24, 2.45) is 0 Å². The lowest BCUT2D eigenvalue weighted by atomic mass is 10.1. The quantitative estimate of drug-likeness (QED) is 0.536. The van der Waals surface area contributed by atoms with Crippen LogP contribution in [0.2, 0.25) is 0 Å². The highest BCUT2D eigenvalue weighted by atomic mass is 16.5. The van der Waals surface area contributed by atoms with Gasteiger partial charge in [0.1, 0.15) is 12.6 Å². The molecule has 7 nitrogen and oxygen atoms in total. The third-order valence-corrected chi connectivity index (χ3v) is 3.96. The second-order valence-electron chi connectivity index (χ2n) is 6.26. The highest BCUT2D eigenvalue weighted by Crippen LogP contribution is 2.05. The third-order valence-electron chi connectivity index (χ3n) is 3.96. The smallest absolute Gasteiger partial charge is 0.408 e. The molecule has 3 N–H and O–H groups in total. The van der Waals surface area contributed by atoms with Gasteiger partial charge in [0, 0.05) is 13.0 Å². The second kappa shape index (κ2) is 12.0. The number of carbonyl (C=O) groups excluding carboxylic acids is 2. The lowest BCUT2D eigenvalue weighted by molar-refractivity contribution is -0.136. The lowest BCUT2D eigenvalue weighted by Gasteiger charge is -2.18. The molecule has 152 valence electrons. The van der Waals surface area contributed by atoms with Crippen LogP contribution < -0.4 is 10.6 Å². The number of aliphatic carboxylic acids is 1. The van der Waals surface area contributed by atoms with E-state index in [2.05, 4.69) is 10.6 Å². The Labute approximate surface area is 169 Å². The average Bonchev–Trinajstić information content (AvgIpc) is 2.72. The Bertz CT molecular complexity index is 822. The van der Waals surface area contributed by atoms with Crippen molar-refractivity contribution in [2.45, 2.75) is 25.5 Å². The highest BCUT2D eigenvalue weighted by Gasteiger charge is 2.21. The van der Waals surface area contributed by atoms with Crippen LogP contribution >= 0.6 is 0 Å². The topological polar surface area (TPSA) is 105 Å². The fourth-order valence-electron chi connectivity index (χ4n) is 2.52. The van der Waals surface area contributed by atoms with Crippen molar-refractivity contribution in [2.75, 3.05) is 6.54 Å². The molecule has 2 rings (SSSR count). The number of nitrogens with one attached hydrogen (secondary N) is 2. The van der Waals surface area contributed by atoms with Gasteiger partial charge in [-0.05, 0) is 11.1 Å². The standard InChI is InChI=1S/C22H24N2O5/c25-20(26)13-7-8-14-23-21(27)19(15-17-9-3-1-4-10-17)24-22(28)29-16-18-11-5-2-6-12-18/h1-12,19H,13-16H2,(H,23,27)(H,24,28)(H,25,26)/b8-7+. The highest BCUT2D eigenvalue weighted by molar-refractivity contribution is 5.86. The van der Waals surface area contributed by atoms with Gasteiger partial charge in [0.25, 0.3) is 0 Å². The molecule has 0 bridgehead atoms. The van der Waals surface area contributed by atoms with E-state index in [1.807, 2.05) is 60.7 Å². The number of amides is 2. The zero-order valence-electron chi connectivity index (χ0n) is 15.9. The molecule has 0 spiro atoms. The Hall–Kier alpha value is -3.61. The van der Waals surface area contributed by atoms with Crippen molar-refractivity contribution in [3.05, 3.63) is 83.9 Å². The van der Waals surface area contributed by atoms with E-state index in [0.29, 0.717) is 6.42 Å². The number of alkyl carbamates (subject to hydrolysis) is 1. The summed E-state index contributed by atoms with van der Waals surface area (Å²) in [4.78, 5) is 35.2. The molecule has 0 aromatic heterocycles. The summed E-state index contributed by atoms with van der Waals surface area (Å²) in [6.45, 7) is 0.266. The van der Waals surface area contributed by atoms with E-state index in [-0.39, 0.29) is 25.5 Å². The summed E-state index contributed by atoms with van der Waals surface area (Å²) in [5.74, 6) is -1.33. The normalized spacial score (nSPS) is 11.6. The maximum Gasteiger partial charge on any atom is 0.408 e. The minimum Gasteiger partial charge on any atom is -0.481 e. The van der Waals surface area contributed by atoms with Gasteiger partial charge in [0.2, 0.25) is 5.91 Å². The summed E-state index contributed by atoms with van der Waals surface area (Å²) < 4.78 is 5.21. The lowest BCUT2D eigenvalue weighted by Crippen LogP contribution is -2.48. The summed E-state index contributed by atoms with van der Waals surface area (Å²) in [5.41, 5.74) is 1.73. The maximum atomic E-state index is 12.5. The number of benzene rings is 2. The first-order chi connectivity index (χ1) is 14.0. The first-order valence-corrected chi connectivity index (χ1v) is 9.20. The summed E-state index contributed by atoms with van der Waals surface area (Å²) in [7, 11) is 0. The molecule has 0 aliphatic rings. The van der Waals surface area contributed by atoms with Gasteiger partial charge in [-0.15, -0.1) is 0 Å². The predicted molar refractivity (Wildman–Crippen MR) is 108 cm³/mol. The largest absolute Gasteiger partial charge is 0.481 e. The van der Waals surface area contributed by atoms with E-state index in [4.69, 9.17) is 9.84 Å². The van der Waals surface area contributed by atoms with Gasteiger partial charge in [0.15, 0.2) is 0 Å². The van der Waals surface area contributed by atoms with Gasteiger partial charge in [-0.3, -0.25) is 9.59 Å². The van der Waals surface area contributed by atoms with Gasteiger partial charge >= 0.3 is 12.1 Å². The van der Waals surface area contributed by atoms with Crippen LogP contribution in [0.25, 0.3) is 0 Å². The zero-order chi connectivity index (χ0) is 20.9. The van der Waals surface area contributed by atoms with E-state index in [0.717, 1.165) is 11.1 Å². The Balaban J connectivity index is 1.92. The number of carboxylic acid groups (broad SMARTS) is 1. The molecule has 0 saturated carbocycles. The minimum atomic E-state index is -0.947. The molecule has 0 aliphatic heterocycles. The molecular weight excluding hydrogens is 372 g/mol. The SMILES string of the molecule is O=C(O)C/C=C/CNC(=O)C(Cc1ccccc1)NC(=O)OCc1ccccc1. The van der Waals surface area contributed by atoms with Crippen molar-refractivity contribution >= 4 is 18.0 Å². The number of hydrogen-bond acceptors (Lipinski definition) is 4. The van der Waals surface area contributed by atoms with Crippen LogP contribution in [0.5, 0.6) is 0 Å². The zero-order valence-corrected chi connectivity index (χ0v) is 15.9. The Morgan fingerprint density at radius 3 is 2.17 bits per heavy atom. The maximum absolute atomic E-state index is 12.5. The third kappa shape index (κ3) is 8.75. The van der Waals surface area contributed by atoms with E-state index in [1.165, 1.54) is 6.08 Å². The van der Waals surface area contributed by atoms with Crippen molar-refractivity contribution < 1.29 is 24.2 Å². The number of carbonyl (C=O) groups is 3. The van der Waals surface area contributed by atoms with Crippen LogP contribution in [0.1, 0.15) is 17.5 Å². The average molecular weight is 396 g/mol. The first kappa shape index (κ1) is 21.7. The fraction of sp³-hybridized carbons (Fsp3) is 0.227. The molecule has 2 aromatic carbocycles. The number of rotatable bonds is 10. The van der Waals surface area contributed by atoms with Gasteiger partial charge in [0.05, 0.1) is 6.42 Å². The fourth-order valence-corrected chi connectivity index (χ4v) is 2.52. The molecule has 2 amide bonds. The van der Waals surface area contributed by atoms with Crippen molar-refractivity contribution in [1.29, 1.82) is 0 Å². The van der Waals surface area contributed by atoms with Crippen molar-refractivity contribution in [3.63, 3.8) is 0 Å². The minimum absolute atomic E-state index is 0.101. The van der Waals surface area contributed by atoms with E-state index in [9.17, 15) is 14.4 Å². The van der Waals surface area contributed by atoms with E-state index >= 15 is 0 Å². The van der Waals surface area contributed by atoms with Gasteiger partial charge in [-0.25, -0.2) is 4.79 Å². The van der Waals surface area contributed by atoms with Gasteiger partial charge < -0.3 is 20.5 Å². The molecule has 0 heterocycles. The molecule has 0 aliphatic carbocycles. The van der Waals surface area contributed by atoms with Crippen molar-refractivity contribution in [1.82, 2.24) is 10.6 Å². The summed E-state index contributed by atoms with van der Waals surface area (Å²) in [5, 5.41) is 13.9. The summed E-state index contributed by atoms with van der Waals surface area (Å²) in [6, 6.07) is 17.7. The Morgan fingerprint density at radius 2 is 1.55 bits per heavy atom. The van der Waals surface area contributed by atoms with E-state index < -0.39 is 18.1 Å². The van der Waals surface area contributed by atoms with Crippen LogP contribution in [0.15, 0.2) is 72.8 Å². The monoisotopic (exact) mass is 396 g/mol. The molecule has 1 unspecified atom stereocenters. The van der Waals surface area contributed by atoms with Gasteiger partial charge in [-0.1, -0.05) is 72.8 Å². The van der Waals surface area contributed by atoms with Crippen LogP contribution in [0.4, 0.5) is 4.79 Å². The number of hydrogen-bond donors (Lipinski definition) is 3. The Kier molecular flexibility index (Phi) is 8.95. The molecule has 0 fully saturated rings. The molecular formula is C22H24N2O5. The Morgan fingerprint density at radius 1 is 0.931 bits per heavy atom. The second-order valence-corrected chi connectivity index (χ2v) is 6.26. The van der Waals surface area contributed by atoms with E-state index in [1.54, 1.807) is 6.08 Å². The van der Waals surface area contributed by atoms with Crippen molar-refractivity contribution in [3.8, 4) is 0 Å². The van der Waals surface area contributed by atoms with Crippen LogP contribution in [-0.2, 0) is 27.4 Å². The molecule has 2 aromatic rings. The molecule has 1 atom stereocenters. The molecule has 7 heteroatoms. The number of carboxylic acids is 1.